The molecule has 1 aliphatic rings. The minimum atomic E-state index is -0.936. The van der Waals surface area contributed by atoms with E-state index in [9.17, 15) is 9.50 Å². The molecule has 3 rings (SSSR count). The molecular weight excluding hydrogens is 263 g/mol. The first-order valence-corrected chi connectivity index (χ1v) is 6.71. The van der Waals surface area contributed by atoms with Gasteiger partial charge in [0.15, 0.2) is 0 Å². The van der Waals surface area contributed by atoms with Gasteiger partial charge < -0.3 is 5.11 Å². The van der Waals surface area contributed by atoms with Gasteiger partial charge in [-0.2, -0.15) is 0 Å². The molecule has 0 fully saturated rings. The topological polar surface area (TPSA) is 20.2 Å². The molecule has 0 aliphatic heterocycles. The van der Waals surface area contributed by atoms with E-state index in [1.807, 2.05) is 24.3 Å². The van der Waals surface area contributed by atoms with E-state index in [0.29, 0.717) is 23.4 Å². The molecule has 98 valence electrons. The van der Waals surface area contributed by atoms with Crippen LogP contribution in [-0.2, 0) is 18.4 Å². The van der Waals surface area contributed by atoms with Crippen molar-refractivity contribution in [1.82, 2.24) is 0 Å². The highest BCUT2D eigenvalue weighted by atomic mass is 35.5. The molecule has 0 bridgehead atoms. The minimum Gasteiger partial charge on any atom is -0.385 e. The zero-order chi connectivity index (χ0) is 13.5. The van der Waals surface area contributed by atoms with Gasteiger partial charge in [0, 0.05) is 11.4 Å². The van der Waals surface area contributed by atoms with Crippen LogP contribution in [0.25, 0.3) is 0 Å². The van der Waals surface area contributed by atoms with E-state index < -0.39 is 5.60 Å². The summed E-state index contributed by atoms with van der Waals surface area (Å²) in [4.78, 5) is 0. The normalized spacial score (nSPS) is 21.4. The second-order valence-electron chi connectivity index (χ2n) is 5.10. The standard InChI is InChI=1S/C16H14ClFO/c17-15-6-5-13(18)9-12(15)10-16(19)8-7-11-3-1-2-4-14(11)16/h1-6,9,19H,7-8,10H2. The molecule has 1 nitrogen and oxygen atoms in total. The Morgan fingerprint density at radius 1 is 1.21 bits per heavy atom. The summed E-state index contributed by atoms with van der Waals surface area (Å²) in [6.45, 7) is 0. The fraction of sp³-hybridized carbons (Fsp3) is 0.250. The first-order valence-electron chi connectivity index (χ1n) is 6.33. The smallest absolute Gasteiger partial charge is 0.123 e. The molecule has 1 atom stereocenters. The molecule has 3 heteroatoms. The summed E-state index contributed by atoms with van der Waals surface area (Å²) >= 11 is 6.09. The molecule has 0 heterocycles. The van der Waals surface area contributed by atoms with Crippen LogP contribution in [0.5, 0.6) is 0 Å². The van der Waals surface area contributed by atoms with E-state index in [-0.39, 0.29) is 5.82 Å². The van der Waals surface area contributed by atoms with Crippen molar-refractivity contribution in [3.05, 3.63) is 70.0 Å². The van der Waals surface area contributed by atoms with Crippen molar-refractivity contribution in [2.75, 3.05) is 0 Å². The van der Waals surface area contributed by atoms with Gasteiger partial charge in [-0.05, 0) is 47.7 Å². The van der Waals surface area contributed by atoms with Crippen molar-refractivity contribution in [2.24, 2.45) is 0 Å². The Balaban J connectivity index is 1.98. The van der Waals surface area contributed by atoms with Crippen LogP contribution in [-0.4, -0.2) is 5.11 Å². The van der Waals surface area contributed by atoms with Crippen LogP contribution in [0, 0.1) is 5.82 Å². The molecule has 0 spiro atoms. The Hall–Kier alpha value is -1.38. The van der Waals surface area contributed by atoms with Crippen LogP contribution in [0.4, 0.5) is 4.39 Å². The van der Waals surface area contributed by atoms with Crippen LogP contribution >= 0.6 is 11.6 Å². The highest BCUT2D eigenvalue weighted by Crippen LogP contribution is 2.40. The Morgan fingerprint density at radius 3 is 2.84 bits per heavy atom. The number of halogens is 2. The summed E-state index contributed by atoms with van der Waals surface area (Å²) in [5.74, 6) is -0.325. The van der Waals surface area contributed by atoms with Crippen molar-refractivity contribution < 1.29 is 9.50 Å². The number of benzene rings is 2. The van der Waals surface area contributed by atoms with Gasteiger partial charge in [-0.1, -0.05) is 35.9 Å². The fourth-order valence-electron chi connectivity index (χ4n) is 2.85. The van der Waals surface area contributed by atoms with Crippen molar-refractivity contribution in [3.63, 3.8) is 0 Å². The number of aliphatic hydroxyl groups is 1. The van der Waals surface area contributed by atoms with E-state index in [2.05, 4.69) is 0 Å². The average Bonchev–Trinajstić information content (AvgIpc) is 2.73. The van der Waals surface area contributed by atoms with Crippen molar-refractivity contribution >= 4 is 11.6 Å². The van der Waals surface area contributed by atoms with Crippen LogP contribution in [0.3, 0.4) is 0 Å². The van der Waals surface area contributed by atoms with E-state index in [0.717, 1.165) is 17.5 Å². The van der Waals surface area contributed by atoms with E-state index in [1.165, 1.54) is 18.2 Å². The highest BCUT2D eigenvalue weighted by Gasteiger charge is 2.36. The van der Waals surface area contributed by atoms with Crippen LogP contribution in [0.2, 0.25) is 5.02 Å². The molecule has 0 radical (unpaired) electrons. The predicted molar refractivity (Wildman–Crippen MR) is 73.8 cm³/mol. The van der Waals surface area contributed by atoms with Crippen molar-refractivity contribution in [1.29, 1.82) is 0 Å². The van der Waals surface area contributed by atoms with Crippen molar-refractivity contribution in [2.45, 2.75) is 24.9 Å². The lowest BCUT2D eigenvalue weighted by molar-refractivity contribution is 0.0389. The Labute approximate surface area is 116 Å². The van der Waals surface area contributed by atoms with Gasteiger partial charge >= 0.3 is 0 Å². The zero-order valence-corrected chi connectivity index (χ0v) is 11.1. The van der Waals surface area contributed by atoms with Gasteiger partial charge in [-0.25, -0.2) is 4.39 Å². The fourth-order valence-corrected chi connectivity index (χ4v) is 3.03. The molecule has 1 unspecified atom stereocenters. The number of hydrogen-bond acceptors (Lipinski definition) is 1. The lowest BCUT2D eigenvalue weighted by Gasteiger charge is -2.24. The van der Waals surface area contributed by atoms with Gasteiger partial charge in [-0.3, -0.25) is 0 Å². The maximum atomic E-state index is 13.3. The maximum absolute atomic E-state index is 13.3. The second kappa shape index (κ2) is 4.62. The van der Waals surface area contributed by atoms with Crippen molar-refractivity contribution in [3.8, 4) is 0 Å². The van der Waals surface area contributed by atoms with Gasteiger partial charge in [0.25, 0.3) is 0 Å². The highest BCUT2D eigenvalue weighted by molar-refractivity contribution is 6.31. The summed E-state index contributed by atoms with van der Waals surface area (Å²) in [5, 5.41) is 11.3. The third-order valence-corrected chi connectivity index (χ3v) is 4.19. The summed E-state index contributed by atoms with van der Waals surface area (Å²) in [6, 6.07) is 12.1. The summed E-state index contributed by atoms with van der Waals surface area (Å²) in [5.41, 5.74) is 1.82. The van der Waals surface area contributed by atoms with Crippen LogP contribution < -0.4 is 0 Å². The molecule has 0 aromatic heterocycles. The molecule has 2 aromatic carbocycles. The Kier molecular flexibility index (Phi) is 3.08. The molecular formula is C16H14ClFO. The average molecular weight is 277 g/mol. The van der Waals surface area contributed by atoms with Gasteiger partial charge in [0.05, 0.1) is 5.60 Å². The molecule has 1 aliphatic carbocycles. The van der Waals surface area contributed by atoms with Crippen LogP contribution in [0.15, 0.2) is 42.5 Å². The number of hydrogen-bond donors (Lipinski definition) is 1. The lowest BCUT2D eigenvalue weighted by Crippen LogP contribution is -2.25. The van der Waals surface area contributed by atoms with Gasteiger partial charge in [-0.15, -0.1) is 0 Å². The van der Waals surface area contributed by atoms with E-state index >= 15 is 0 Å². The van der Waals surface area contributed by atoms with E-state index in [4.69, 9.17) is 11.6 Å². The summed E-state index contributed by atoms with van der Waals surface area (Å²) in [6.07, 6.45) is 1.85. The second-order valence-corrected chi connectivity index (χ2v) is 5.51. The maximum Gasteiger partial charge on any atom is 0.123 e. The summed E-state index contributed by atoms with van der Waals surface area (Å²) in [7, 11) is 0. The molecule has 1 N–H and O–H groups in total. The van der Waals surface area contributed by atoms with E-state index in [1.54, 1.807) is 0 Å². The molecule has 0 saturated heterocycles. The lowest BCUT2D eigenvalue weighted by atomic mass is 9.89. The molecule has 19 heavy (non-hydrogen) atoms. The third kappa shape index (κ3) is 2.26. The minimum absolute atomic E-state index is 0.325. The Bertz CT molecular complexity index is 626. The third-order valence-electron chi connectivity index (χ3n) is 3.82. The number of aryl methyl sites for hydroxylation is 1. The van der Waals surface area contributed by atoms with Crippen LogP contribution in [0.1, 0.15) is 23.1 Å². The predicted octanol–water partition coefficient (Wildman–Crippen LogP) is 3.86. The van der Waals surface area contributed by atoms with Gasteiger partial charge in [0.1, 0.15) is 5.82 Å². The molecule has 0 amide bonds. The Morgan fingerprint density at radius 2 is 2.00 bits per heavy atom. The quantitative estimate of drug-likeness (QED) is 0.883. The zero-order valence-electron chi connectivity index (χ0n) is 10.4. The first kappa shape index (κ1) is 12.6. The first-order chi connectivity index (χ1) is 9.08. The molecule has 2 aromatic rings. The van der Waals surface area contributed by atoms with Gasteiger partial charge in [0.2, 0.25) is 0 Å². The largest absolute Gasteiger partial charge is 0.385 e. The monoisotopic (exact) mass is 276 g/mol. The molecule has 0 saturated carbocycles. The number of rotatable bonds is 2. The number of fused-ring (bicyclic) bond motifs is 1. The SMILES string of the molecule is OC1(Cc2cc(F)ccc2Cl)CCc2ccccc21. The summed E-state index contributed by atoms with van der Waals surface area (Å²) < 4.78 is 13.3.